The molecule has 1 aromatic carbocycles. The summed E-state index contributed by atoms with van der Waals surface area (Å²) in [5.41, 5.74) is 1.37. The van der Waals surface area contributed by atoms with Crippen molar-refractivity contribution < 1.29 is 14.3 Å². The van der Waals surface area contributed by atoms with Gasteiger partial charge in [-0.1, -0.05) is 30.3 Å². The van der Waals surface area contributed by atoms with E-state index in [1.54, 1.807) is 0 Å². The van der Waals surface area contributed by atoms with Gasteiger partial charge in [0, 0.05) is 32.7 Å². The third kappa shape index (κ3) is 3.48. The molecule has 130 valence electrons. The molecule has 0 saturated carbocycles. The zero-order chi connectivity index (χ0) is 16.4. The largest absolute Gasteiger partial charge is 0.378 e. The summed E-state index contributed by atoms with van der Waals surface area (Å²) in [5, 5.41) is 0. The minimum absolute atomic E-state index is 0.0369. The van der Waals surface area contributed by atoms with E-state index in [4.69, 9.17) is 9.47 Å². The van der Waals surface area contributed by atoms with Crippen LogP contribution in [0, 0.1) is 5.92 Å². The molecule has 3 atom stereocenters. The average molecular weight is 330 g/mol. The second-order valence-electron chi connectivity index (χ2n) is 7.07. The van der Waals surface area contributed by atoms with E-state index in [-0.39, 0.29) is 24.0 Å². The maximum absolute atomic E-state index is 12.8. The molecule has 1 aromatic rings. The number of nitrogens with zero attached hydrogens (tertiary/aromatic N) is 2. The number of fused-ring (bicyclic) bond motifs is 2. The zero-order valence-electron chi connectivity index (χ0n) is 14.1. The van der Waals surface area contributed by atoms with E-state index < -0.39 is 0 Å². The van der Waals surface area contributed by atoms with E-state index in [1.807, 2.05) is 4.90 Å². The average Bonchev–Trinajstić information content (AvgIpc) is 2.95. The van der Waals surface area contributed by atoms with Crippen LogP contribution in [0.2, 0.25) is 0 Å². The first kappa shape index (κ1) is 16.1. The fourth-order valence-corrected chi connectivity index (χ4v) is 4.13. The van der Waals surface area contributed by atoms with E-state index in [2.05, 4.69) is 35.2 Å². The molecular formula is C19H26N2O3. The number of benzene rings is 1. The molecular weight excluding hydrogens is 304 g/mol. The number of ether oxygens (including phenoxy) is 2. The lowest BCUT2D eigenvalue weighted by atomic mass is 9.98. The topological polar surface area (TPSA) is 42.0 Å². The van der Waals surface area contributed by atoms with Crippen LogP contribution in [0.25, 0.3) is 0 Å². The number of rotatable bonds is 4. The fraction of sp³-hybridized carbons (Fsp3) is 0.632. The Morgan fingerprint density at radius 3 is 2.71 bits per heavy atom. The first-order valence-corrected chi connectivity index (χ1v) is 9.08. The molecule has 0 N–H and O–H groups in total. The summed E-state index contributed by atoms with van der Waals surface area (Å²) in [6.07, 6.45) is 2.22. The molecule has 0 radical (unpaired) electrons. The van der Waals surface area contributed by atoms with Crippen molar-refractivity contribution in [3.8, 4) is 0 Å². The summed E-state index contributed by atoms with van der Waals surface area (Å²) in [4.78, 5) is 17.2. The van der Waals surface area contributed by atoms with Gasteiger partial charge >= 0.3 is 0 Å². The molecule has 5 nitrogen and oxygen atoms in total. The number of hydrogen-bond donors (Lipinski definition) is 0. The Labute approximate surface area is 143 Å². The van der Waals surface area contributed by atoms with E-state index in [1.165, 1.54) is 5.56 Å². The van der Waals surface area contributed by atoms with Gasteiger partial charge in [0.2, 0.25) is 5.91 Å². The lowest BCUT2D eigenvalue weighted by Gasteiger charge is -2.34. The minimum Gasteiger partial charge on any atom is -0.378 e. The van der Waals surface area contributed by atoms with Crippen molar-refractivity contribution in [1.29, 1.82) is 0 Å². The molecule has 2 bridgehead atoms. The number of hydrogen-bond acceptors (Lipinski definition) is 4. The molecule has 1 amide bonds. The van der Waals surface area contributed by atoms with Gasteiger partial charge in [-0.15, -0.1) is 0 Å². The predicted molar refractivity (Wildman–Crippen MR) is 90.8 cm³/mol. The summed E-state index contributed by atoms with van der Waals surface area (Å²) in [6, 6.07) is 10.6. The quantitative estimate of drug-likeness (QED) is 0.831. The van der Waals surface area contributed by atoms with Gasteiger partial charge in [0.1, 0.15) is 0 Å². The standard InChI is InChI=1S/C19H26N2O3/c22-19(21-8-10-23-11-9-21)17-12-16-13-20(14-18(17)24-16)7-6-15-4-2-1-3-5-15/h1-5,16-18H,6-14H2. The molecule has 4 rings (SSSR count). The van der Waals surface area contributed by atoms with Gasteiger partial charge < -0.3 is 14.4 Å². The smallest absolute Gasteiger partial charge is 0.228 e. The lowest BCUT2D eigenvalue weighted by molar-refractivity contribution is -0.142. The van der Waals surface area contributed by atoms with E-state index in [0.717, 1.165) is 45.6 Å². The molecule has 0 aliphatic carbocycles. The molecule has 3 aliphatic heterocycles. The van der Waals surface area contributed by atoms with Crippen LogP contribution in [0.3, 0.4) is 0 Å². The Morgan fingerprint density at radius 2 is 1.92 bits per heavy atom. The third-order valence-electron chi connectivity index (χ3n) is 5.43. The molecule has 3 fully saturated rings. The zero-order valence-corrected chi connectivity index (χ0v) is 14.1. The Kier molecular flexibility index (Phi) is 4.83. The molecule has 0 aromatic heterocycles. The Morgan fingerprint density at radius 1 is 1.12 bits per heavy atom. The van der Waals surface area contributed by atoms with Crippen LogP contribution >= 0.6 is 0 Å². The van der Waals surface area contributed by atoms with Crippen LogP contribution in [-0.4, -0.2) is 73.9 Å². The van der Waals surface area contributed by atoms with Crippen LogP contribution in [0.5, 0.6) is 0 Å². The SMILES string of the molecule is O=C(C1CC2CN(CCc3ccccc3)CC1O2)N1CCOCC1. The van der Waals surface area contributed by atoms with Gasteiger partial charge in [-0.05, 0) is 18.4 Å². The van der Waals surface area contributed by atoms with Crippen LogP contribution < -0.4 is 0 Å². The van der Waals surface area contributed by atoms with Gasteiger partial charge in [0.05, 0.1) is 31.3 Å². The van der Waals surface area contributed by atoms with E-state index in [9.17, 15) is 4.79 Å². The van der Waals surface area contributed by atoms with Crippen LogP contribution in [-0.2, 0) is 20.7 Å². The molecule has 5 heteroatoms. The Balaban J connectivity index is 1.33. The highest BCUT2D eigenvalue weighted by atomic mass is 16.5. The Bertz CT molecular complexity index is 559. The van der Waals surface area contributed by atoms with Crippen molar-refractivity contribution in [1.82, 2.24) is 9.80 Å². The maximum atomic E-state index is 12.8. The third-order valence-corrected chi connectivity index (χ3v) is 5.43. The molecule has 3 aliphatic rings. The molecule has 3 saturated heterocycles. The number of likely N-dealkylation sites (tertiary alicyclic amines) is 1. The molecule has 3 unspecified atom stereocenters. The second-order valence-corrected chi connectivity index (χ2v) is 7.07. The van der Waals surface area contributed by atoms with E-state index in [0.29, 0.717) is 13.2 Å². The van der Waals surface area contributed by atoms with Crippen molar-refractivity contribution in [2.45, 2.75) is 25.0 Å². The van der Waals surface area contributed by atoms with Gasteiger partial charge in [-0.25, -0.2) is 0 Å². The van der Waals surface area contributed by atoms with Gasteiger partial charge in [-0.3, -0.25) is 9.69 Å². The van der Waals surface area contributed by atoms with Crippen LogP contribution in [0.4, 0.5) is 0 Å². The molecule has 3 heterocycles. The summed E-state index contributed by atoms with van der Waals surface area (Å²) >= 11 is 0. The van der Waals surface area contributed by atoms with E-state index >= 15 is 0 Å². The molecule has 24 heavy (non-hydrogen) atoms. The summed E-state index contributed by atoms with van der Waals surface area (Å²) in [7, 11) is 0. The van der Waals surface area contributed by atoms with Crippen LogP contribution in [0.1, 0.15) is 12.0 Å². The maximum Gasteiger partial charge on any atom is 0.228 e. The number of carbonyl (C=O) groups is 1. The number of carbonyl (C=O) groups excluding carboxylic acids is 1. The molecule has 0 spiro atoms. The number of morpholine rings is 2. The van der Waals surface area contributed by atoms with Crippen molar-refractivity contribution >= 4 is 5.91 Å². The monoisotopic (exact) mass is 330 g/mol. The highest BCUT2D eigenvalue weighted by Gasteiger charge is 2.45. The Hall–Kier alpha value is -1.43. The van der Waals surface area contributed by atoms with Gasteiger partial charge in [0.25, 0.3) is 0 Å². The lowest BCUT2D eigenvalue weighted by Crippen LogP contribution is -2.48. The summed E-state index contributed by atoms with van der Waals surface area (Å²) in [6.45, 7) is 5.65. The van der Waals surface area contributed by atoms with Crippen molar-refractivity contribution in [2.75, 3.05) is 45.9 Å². The summed E-state index contributed by atoms with van der Waals surface area (Å²) in [5.74, 6) is 0.311. The van der Waals surface area contributed by atoms with Crippen molar-refractivity contribution in [3.05, 3.63) is 35.9 Å². The highest BCUT2D eigenvalue weighted by molar-refractivity contribution is 5.80. The van der Waals surface area contributed by atoms with Crippen LogP contribution in [0.15, 0.2) is 30.3 Å². The highest BCUT2D eigenvalue weighted by Crippen LogP contribution is 2.33. The van der Waals surface area contributed by atoms with Crippen molar-refractivity contribution in [3.63, 3.8) is 0 Å². The fourth-order valence-electron chi connectivity index (χ4n) is 4.13. The normalized spacial score (nSPS) is 30.5. The minimum atomic E-state index is 0.0369. The number of amides is 1. The summed E-state index contributed by atoms with van der Waals surface area (Å²) < 4.78 is 11.4. The van der Waals surface area contributed by atoms with Gasteiger partial charge in [0.15, 0.2) is 0 Å². The van der Waals surface area contributed by atoms with Crippen molar-refractivity contribution in [2.24, 2.45) is 5.92 Å². The van der Waals surface area contributed by atoms with Gasteiger partial charge in [-0.2, -0.15) is 0 Å². The first-order valence-electron chi connectivity index (χ1n) is 9.08. The first-order chi connectivity index (χ1) is 11.8. The second kappa shape index (κ2) is 7.21. The predicted octanol–water partition coefficient (Wildman–Crippen LogP) is 1.18.